The molecule has 8 heteroatoms. The van der Waals surface area contributed by atoms with Crippen LogP contribution in [0.5, 0.6) is 0 Å². The van der Waals surface area contributed by atoms with Crippen LogP contribution in [0, 0.1) is 0 Å². The van der Waals surface area contributed by atoms with Crippen molar-refractivity contribution in [2.75, 3.05) is 7.05 Å². The van der Waals surface area contributed by atoms with Gasteiger partial charge in [0.1, 0.15) is 5.65 Å². The van der Waals surface area contributed by atoms with Crippen LogP contribution < -0.4 is 11.2 Å². The summed E-state index contributed by atoms with van der Waals surface area (Å²) in [6.07, 6.45) is 1.37. The lowest BCUT2D eigenvalue weighted by atomic mass is 10.1. The molecule has 0 radical (unpaired) electrons. The summed E-state index contributed by atoms with van der Waals surface area (Å²) in [6.45, 7) is 0.321. The average Bonchev–Trinajstić information content (AvgIpc) is 2.65. The third-order valence-corrected chi connectivity index (χ3v) is 4.62. The smallest absolute Gasteiger partial charge is 0.332 e. The minimum Gasteiger partial charge on any atom is -0.337 e. The zero-order chi connectivity index (χ0) is 19.0. The Morgan fingerprint density at radius 3 is 2.58 bits per heavy atom. The normalized spacial score (nSPS) is 10.9. The Morgan fingerprint density at radius 2 is 1.88 bits per heavy atom. The highest BCUT2D eigenvalue weighted by molar-refractivity contribution is 6.31. The number of carbonyl (C=O) groups is 1. The highest BCUT2D eigenvalue weighted by Gasteiger charge is 2.17. The number of pyridine rings is 1. The molecule has 3 aromatic rings. The molecule has 0 saturated heterocycles. The van der Waals surface area contributed by atoms with Crippen molar-refractivity contribution in [3.05, 3.63) is 73.5 Å². The first-order chi connectivity index (χ1) is 12.3. The Bertz CT molecular complexity index is 1130. The number of amides is 1. The summed E-state index contributed by atoms with van der Waals surface area (Å²) in [6, 6.07) is 8.74. The van der Waals surface area contributed by atoms with E-state index in [1.807, 2.05) is 18.2 Å². The summed E-state index contributed by atoms with van der Waals surface area (Å²) in [5.41, 5.74) is 0.368. The average molecular weight is 373 g/mol. The molecular weight excluding hydrogens is 356 g/mol. The van der Waals surface area contributed by atoms with Gasteiger partial charge < -0.3 is 4.90 Å². The van der Waals surface area contributed by atoms with Gasteiger partial charge in [0.25, 0.3) is 11.5 Å². The summed E-state index contributed by atoms with van der Waals surface area (Å²) < 4.78 is 2.27. The molecule has 0 spiro atoms. The van der Waals surface area contributed by atoms with Crippen molar-refractivity contribution in [3.8, 4) is 0 Å². The maximum atomic E-state index is 12.7. The highest BCUT2D eigenvalue weighted by Crippen LogP contribution is 2.18. The Kier molecular flexibility index (Phi) is 4.65. The maximum absolute atomic E-state index is 12.7. The molecule has 0 N–H and O–H groups in total. The van der Waals surface area contributed by atoms with E-state index in [2.05, 4.69) is 4.98 Å². The Morgan fingerprint density at radius 1 is 1.19 bits per heavy atom. The van der Waals surface area contributed by atoms with E-state index in [0.717, 1.165) is 10.1 Å². The Hall–Kier alpha value is -2.93. The number of aryl methyl sites for hydroxylation is 1. The topological polar surface area (TPSA) is 77.2 Å². The van der Waals surface area contributed by atoms with E-state index in [-0.39, 0.29) is 22.5 Å². The number of nitrogens with zero attached hydrogens (tertiary/aromatic N) is 4. The number of aromatic nitrogens is 3. The van der Waals surface area contributed by atoms with Crippen LogP contribution in [0.3, 0.4) is 0 Å². The number of fused-ring (bicyclic) bond motifs is 1. The predicted molar refractivity (Wildman–Crippen MR) is 99.5 cm³/mol. The minimum atomic E-state index is -0.487. The summed E-state index contributed by atoms with van der Waals surface area (Å²) in [5, 5.41) is 0.791. The van der Waals surface area contributed by atoms with Gasteiger partial charge >= 0.3 is 5.69 Å². The van der Waals surface area contributed by atoms with E-state index in [1.54, 1.807) is 13.1 Å². The molecule has 0 bridgehead atoms. The Labute approximate surface area is 154 Å². The SMILES string of the molecule is CN(Cc1ccccc1Cl)C(=O)c1cnc2c(c1)c(=O)n(C)c(=O)n2C. The molecule has 0 fully saturated rings. The van der Waals surface area contributed by atoms with Crippen molar-refractivity contribution in [1.29, 1.82) is 0 Å². The monoisotopic (exact) mass is 372 g/mol. The van der Waals surface area contributed by atoms with E-state index >= 15 is 0 Å². The number of halogens is 1. The number of hydrogen-bond donors (Lipinski definition) is 0. The molecule has 7 nitrogen and oxygen atoms in total. The second kappa shape index (κ2) is 6.76. The van der Waals surface area contributed by atoms with Crippen molar-refractivity contribution in [3.63, 3.8) is 0 Å². The van der Waals surface area contributed by atoms with E-state index in [9.17, 15) is 14.4 Å². The molecule has 0 aliphatic rings. The fraction of sp³-hybridized carbons (Fsp3) is 0.222. The molecule has 0 saturated carbocycles. The molecule has 0 atom stereocenters. The molecule has 1 amide bonds. The lowest BCUT2D eigenvalue weighted by Crippen LogP contribution is -2.37. The molecule has 3 rings (SSSR count). The Balaban J connectivity index is 2.00. The number of benzene rings is 1. The molecule has 0 aliphatic carbocycles. The van der Waals surface area contributed by atoms with Crippen LogP contribution in [0.15, 0.2) is 46.1 Å². The lowest BCUT2D eigenvalue weighted by Gasteiger charge is -2.18. The lowest BCUT2D eigenvalue weighted by molar-refractivity contribution is 0.0785. The number of rotatable bonds is 3. The first kappa shape index (κ1) is 17.9. The van der Waals surface area contributed by atoms with Gasteiger partial charge in [-0.05, 0) is 17.7 Å². The van der Waals surface area contributed by atoms with E-state index in [1.165, 1.54) is 35.8 Å². The van der Waals surface area contributed by atoms with Gasteiger partial charge in [0.15, 0.2) is 0 Å². The molecule has 1 aromatic carbocycles. The van der Waals surface area contributed by atoms with Gasteiger partial charge in [-0.25, -0.2) is 9.78 Å². The van der Waals surface area contributed by atoms with E-state index < -0.39 is 11.2 Å². The zero-order valence-electron chi connectivity index (χ0n) is 14.6. The van der Waals surface area contributed by atoms with Crippen molar-refractivity contribution in [1.82, 2.24) is 19.0 Å². The van der Waals surface area contributed by atoms with Gasteiger partial charge in [-0.2, -0.15) is 0 Å². The predicted octanol–water partition coefficient (Wildman–Crippen LogP) is 1.56. The molecule has 0 unspecified atom stereocenters. The fourth-order valence-electron chi connectivity index (χ4n) is 2.76. The molecular formula is C18H17ClN4O3. The van der Waals surface area contributed by atoms with Gasteiger partial charge in [-0.3, -0.25) is 18.7 Å². The summed E-state index contributed by atoms with van der Waals surface area (Å²) in [7, 11) is 4.57. The summed E-state index contributed by atoms with van der Waals surface area (Å²) in [5.74, 6) is -0.296. The van der Waals surface area contributed by atoms with E-state index in [0.29, 0.717) is 11.6 Å². The van der Waals surface area contributed by atoms with Crippen LogP contribution in [-0.2, 0) is 20.6 Å². The second-order valence-electron chi connectivity index (χ2n) is 6.05. The van der Waals surface area contributed by atoms with Crippen molar-refractivity contribution in [2.24, 2.45) is 14.1 Å². The summed E-state index contributed by atoms with van der Waals surface area (Å²) in [4.78, 5) is 42.7. The minimum absolute atomic E-state index is 0.214. The first-order valence-electron chi connectivity index (χ1n) is 7.86. The van der Waals surface area contributed by atoms with Gasteiger partial charge in [0, 0.05) is 38.9 Å². The first-order valence-corrected chi connectivity index (χ1v) is 8.23. The van der Waals surface area contributed by atoms with Crippen molar-refractivity contribution >= 4 is 28.5 Å². The van der Waals surface area contributed by atoms with Gasteiger partial charge in [0.05, 0.1) is 10.9 Å². The third-order valence-electron chi connectivity index (χ3n) is 4.25. The largest absolute Gasteiger partial charge is 0.337 e. The maximum Gasteiger partial charge on any atom is 0.332 e. The second-order valence-corrected chi connectivity index (χ2v) is 6.46. The quantitative estimate of drug-likeness (QED) is 0.699. The molecule has 26 heavy (non-hydrogen) atoms. The van der Waals surface area contributed by atoms with Crippen LogP contribution in [0.25, 0.3) is 11.0 Å². The zero-order valence-corrected chi connectivity index (χ0v) is 15.3. The van der Waals surface area contributed by atoms with Gasteiger partial charge in [-0.1, -0.05) is 29.8 Å². The van der Waals surface area contributed by atoms with Crippen molar-refractivity contribution < 1.29 is 4.79 Å². The highest BCUT2D eigenvalue weighted by atomic mass is 35.5. The van der Waals surface area contributed by atoms with Crippen LogP contribution in [-0.4, -0.2) is 32.0 Å². The summed E-state index contributed by atoms with van der Waals surface area (Å²) >= 11 is 6.14. The van der Waals surface area contributed by atoms with Crippen LogP contribution in [0.1, 0.15) is 15.9 Å². The van der Waals surface area contributed by atoms with E-state index in [4.69, 9.17) is 11.6 Å². The molecule has 0 aliphatic heterocycles. The van der Waals surface area contributed by atoms with Crippen molar-refractivity contribution in [2.45, 2.75) is 6.54 Å². The number of hydrogen-bond acceptors (Lipinski definition) is 4. The number of carbonyl (C=O) groups excluding carboxylic acids is 1. The van der Waals surface area contributed by atoms with Crippen LogP contribution in [0.4, 0.5) is 0 Å². The van der Waals surface area contributed by atoms with Gasteiger partial charge in [-0.15, -0.1) is 0 Å². The third kappa shape index (κ3) is 3.01. The fourth-order valence-corrected chi connectivity index (χ4v) is 2.95. The molecule has 2 heterocycles. The molecule has 134 valence electrons. The van der Waals surface area contributed by atoms with Crippen LogP contribution in [0.2, 0.25) is 5.02 Å². The standard InChI is InChI=1S/C18H17ClN4O3/c1-21(10-11-6-4-5-7-14(11)19)16(24)12-8-13-15(20-9-12)22(2)18(26)23(3)17(13)25/h4-9H,10H2,1-3H3. The van der Waals surface area contributed by atoms with Gasteiger partial charge in [0.2, 0.25) is 0 Å². The molecule has 2 aromatic heterocycles. The van der Waals surface area contributed by atoms with Crippen LogP contribution >= 0.6 is 11.6 Å².